The molecule has 1 aliphatic heterocycles. The minimum atomic E-state index is 0.633. The normalized spacial score (nSPS) is 24.8. The van der Waals surface area contributed by atoms with E-state index < -0.39 is 0 Å². The molecule has 0 aromatic carbocycles. The molecular formula is C12H27N3. The predicted octanol–water partition coefficient (Wildman–Crippen LogP) is 1.01. The number of nitrogens with zero attached hydrogens (tertiary/aromatic N) is 2. The van der Waals surface area contributed by atoms with Gasteiger partial charge < -0.3 is 10.2 Å². The van der Waals surface area contributed by atoms with E-state index in [9.17, 15) is 0 Å². The van der Waals surface area contributed by atoms with Gasteiger partial charge in [0.25, 0.3) is 0 Å². The molecule has 1 fully saturated rings. The van der Waals surface area contributed by atoms with E-state index >= 15 is 0 Å². The molecule has 0 saturated carbocycles. The lowest BCUT2D eigenvalue weighted by atomic mass is 10.1. The Kier molecular flexibility index (Phi) is 5.58. The zero-order valence-electron chi connectivity index (χ0n) is 10.8. The second-order valence-corrected chi connectivity index (χ2v) is 4.74. The lowest BCUT2D eigenvalue weighted by Crippen LogP contribution is -2.48. The smallest absolute Gasteiger partial charge is 0.0221 e. The first-order valence-corrected chi connectivity index (χ1v) is 6.29. The molecule has 0 aliphatic carbocycles. The average molecular weight is 213 g/mol. The van der Waals surface area contributed by atoms with Gasteiger partial charge in [-0.2, -0.15) is 0 Å². The van der Waals surface area contributed by atoms with Gasteiger partial charge in [0.15, 0.2) is 0 Å². The summed E-state index contributed by atoms with van der Waals surface area (Å²) in [6, 6.07) is 1.29. The Morgan fingerprint density at radius 2 is 1.93 bits per heavy atom. The number of likely N-dealkylation sites (N-methyl/N-ethyl adjacent to an activating group) is 2. The van der Waals surface area contributed by atoms with Gasteiger partial charge in [-0.05, 0) is 47.0 Å². The van der Waals surface area contributed by atoms with E-state index in [1.165, 1.54) is 39.0 Å². The molecule has 2 atom stereocenters. The van der Waals surface area contributed by atoms with Crippen LogP contribution in [0.1, 0.15) is 26.7 Å². The van der Waals surface area contributed by atoms with Crippen LogP contribution in [0.2, 0.25) is 0 Å². The zero-order valence-corrected chi connectivity index (χ0v) is 10.8. The molecule has 0 bridgehead atoms. The van der Waals surface area contributed by atoms with Crippen LogP contribution >= 0.6 is 0 Å². The molecule has 90 valence electrons. The van der Waals surface area contributed by atoms with E-state index in [2.05, 4.69) is 43.1 Å². The van der Waals surface area contributed by atoms with E-state index in [0.717, 1.165) is 0 Å². The van der Waals surface area contributed by atoms with Crippen LogP contribution in [-0.4, -0.2) is 62.2 Å². The highest BCUT2D eigenvalue weighted by Gasteiger charge is 2.22. The predicted molar refractivity (Wildman–Crippen MR) is 66.3 cm³/mol. The van der Waals surface area contributed by atoms with E-state index in [1.54, 1.807) is 0 Å². The van der Waals surface area contributed by atoms with Gasteiger partial charge in [-0.3, -0.25) is 4.90 Å². The van der Waals surface area contributed by atoms with Crippen LogP contribution in [0.4, 0.5) is 0 Å². The third-order valence-corrected chi connectivity index (χ3v) is 3.72. The van der Waals surface area contributed by atoms with Crippen LogP contribution in [-0.2, 0) is 0 Å². The second kappa shape index (κ2) is 6.46. The molecule has 0 aromatic heterocycles. The first-order chi connectivity index (χ1) is 7.19. The summed E-state index contributed by atoms with van der Waals surface area (Å²) in [4.78, 5) is 5.07. The molecule has 0 spiro atoms. The van der Waals surface area contributed by atoms with E-state index in [1.807, 2.05) is 0 Å². The van der Waals surface area contributed by atoms with Gasteiger partial charge in [0.1, 0.15) is 0 Å². The number of hydrogen-bond donors (Lipinski definition) is 1. The van der Waals surface area contributed by atoms with Crippen molar-refractivity contribution in [3.63, 3.8) is 0 Å². The molecule has 3 nitrogen and oxygen atoms in total. The van der Waals surface area contributed by atoms with Crippen molar-refractivity contribution in [2.45, 2.75) is 38.8 Å². The zero-order chi connectivity index (χ0) is 11.3. The third kappa shape index (κ3) is 3.74. The van der Waals surface area contributed by atoms with Gasteiger partial charge in [0.2, 0.25) is 0 Å². The Morgan fingerprint density at radius 3 is 2.53 bits per heavy atom. The number of hydrogen-bond acceptors (Lipinski definition) is 3. The SMILES string of the molecule is CCC(NC)C(C)N1CCCN(C)CC1. The molecule has 15 heavy (non-hydrogen) atoms. The van der Waals surface area contributed by atoms with Crippen LogP contribution in [0.3, 0.4) is 0 Å². The Bertz CT molecular complexity index is 168. The fourth-order valence-electron chi connectivity index (χ4n) is 2.51. The summed E-state index contributed by atoms with van der Waals surface area (Å²) in [6.45, 7) is 9.56. The number of rotatable bonds is 4. The molecule has 3 heteroatoms. The van der Waals surface area contributed by atoms with Crippen molar-refractivity contribution in [2.75, 3.05) is 40.3 Å². The summed E-state index contributed by atoms with van der Waals surface area (Å²) in [5, 5.41) is 3.43. The minimum Gasteiger partial charge on any atom is -0.315 e. The van der Waals surface area contributed by atoms with Gasteiger partial charge in [-0.1, -0.05) is 6.92 Å². The van der Waals surface area contributed by atoms with Crippen molar-refractivity contribution in [3.8, 4) is 0 Å². The summed E-state index contributed by atoms with van der Waals surface area (Å²) in [7, 11) is 4.30. The van der Waals surface area contributed by atoms with Gasteiger partial charge in [-0.15, -0.1) is 0 Å². The Labute approximate surface area is 94.8 Å². The molecule has 1 rings (SSSR count). The minimum absolute atomic E-state index is 0.633. The van der Waals surface area contributed by atoms with Gasteiger partial charge in [0, 0.05) is 25.2 Å². The number of nitrogens with one attached hydrogen (secondary N) is 1. The standard InChI is InChI=1S/C12H27N3/c1-5-12(13-3)11(2)15-8-6-7-14(4)9-10-15/h11-13H,5-10H2,1-4H3. The van der Waals surface area contributed by atoms with Crippen molar-refractivity contribution < 1.29 is 0 Å². The van der Waals surface area contributed by atoms with Gasteiger partial charge in [-0.25, -0.2) is 0 Å². The average Bonchev–Trinajstić information content (AvgIpc) is 2.44. The Hall–Kier alpha value is -0.120. The van der Waals surface area contributed by atoms with Crippen LogP contribution in [0, 0.1) is 0 Å². The van der Waals surface area contributed by atoms with Gasteiger partial charge in [0.05, 0.1) is 0 Å². The van der Waals surface area contributed by atoms with E-state index in [4.69, 9.17) is 0 Å². The molecular weight excluding hydrogens is 186 g/mol. The van der Waals surface area contributed by atoms with Crippen molar-refractivity contribution in [1.82, 2.24) is 15.1 Å². The first-order valence-electron chi connectivity index (χ1n) is 6.29. The summed E-state index contributed by atoms with van der Waals surface area (Å²) >= 11 is 0. The maximum Gasteiger partial charge on any atom is 0.0221 e. The van der Waals surface area contributed by atoms with Crippen LogP contribution in [0.5, 0.6) is 0 Å². The second-order valence-electron chi connectivity index (χ2n) is 4.74. The Morgan fingerprint density at radius 1 is 1.20 bits per heavy atom. The molecule has 0 amide bonds. The van der Waals surface area contributed by atoms with Crippen molar-refractivity contribution in [2.24, 2.45) is 0 Å². The van der Waals surface area contributed by atoms with Crippen LogP contribution < -0.4 is 5.32 Å². The maximum atomic E-state index is 3.43. The van der Waals surface area contributed by atoms with E-state index in [0.29, 0.717) is 12.1 Å². The van der Waals surface area contributed by atoms with Crippen LogP contribution in [0.15, 0.2) is 0 Å². The fourth-order valence-corrected chi connectivity index (χ4v) is 2.51. The van der Waals surface area contributed by atoms with E-state index in [-0.39, 0.29) is 0 Å². The monoisotopic (exact) mass is 213 g/mol. The molecule has 1 heterocycles. The van der Waals surface area contributed by atoms with Crippen molar-refractivity contribution in [3.05, 3.63) is 0 Å². The summed E-state index contributed by atoms with van der Waals surface area (Å²) < 4.78 is 0. The third-order valence-electron chi connectivity index (χ3n) is 3.72. The quantitative estimate of drug-likeness (QED) is 0.752. The molecule has 1 N–H and O–H groups in total. The lowest BCUT2D eigenvalue weighted by molar-refractivity contribution is 0.175. The largest absolute Gasteiger partial charge is 0.315 e. The van der Waals surface area contributed by atoms with Gasteiger partial charge >= 0.3 is 0 Å². The summed E-state index contributed by atoms with van der Waals surface area (Å²) in [6.07, 6.45) is 2.52. The molecule has 1 saturated heterocycles. The first kappa shape index (κ1) is 12.9. The van der Waals surface area contributed by atoms with Crippen molar-refractivity contribution in [1.29, 1.82) is 0 Å². The molecule has 0 aromatic rings. The molecule has 0 radical (unpaired) electrons. The van der Waals surface area contributed by atoms with Crippen LogP contribution in [0.25, 0.3) is 0 Å². The summed E-state index contributed by atoms with van der Waals surface area (Å²) in [5.41, 5.74) is 0. The molecule has 1 aliphatic rings. The summed E-state index contributed by atoms with van der Waals surface area (Å²) in [5.74, 6) is 0. The van der Waals surface area contributed by atoms with Crippen molar-refractivity contribution >= 4 is 0 Å². The maximum absolute atomic E-state index is 3.43. The fraction of sp³-hybridized carbons (Fsp3) is 1.00. The highest BCUT2D eigenvalue weighted by molar-refractivity contribution is 4.81. The highest BCUT2D eigenvalue weighted by atomic mass is 15.2. The highest BCUT2D eigenvalue weighted by Crippen LogP contribution is 2.10. The Balaban J connectivity index is 2.46. The lowest BCUT2D eigenvalue weighted by Gasteiger charge is -2.33. The molecule has 2 unspecified atom stereocenters. The topological polar surface area (TPSA) is 18.5 Å².